The maximum absolute atomic E-state index is 12.0. The molecule has 0 aromatic rings. The fourth-order valence-corrected chi connectivity index (χ4v) is 2.28. The highest BCUT2D eigenvalue weighted by atomic mass is 16.5. The predicted molar refractivity (Wildman–Crippen MR) is 71.7 cm³/mol. The summed E-state index contributed by atoms with van der Waals surface area (Å²) in [6, 6.07) is 0. The van der Waals surface area contributed by atoms with Crippen LogP contribution >= 0.6 is 0 Å². The molecule has 0 unspecified atom stereocenters. The highest BCUT2D eigenvalue weighted by Crippen LogP contribution is 2.18. The molecule has 0 N–H and O–H groups in total. The van der Waals surface area contributed by atoms with Gasteiger partial charge >= 0.3 is 5.97 Å². The topological polar surface area (TPSA) is 55.8 Å². The minimum Gasteiger partial charge on any atom is -0.466 e. The van der Waals surface area contributed by atoms with Gasteiger partial charge in [0.25, 0.3) is 0 Å². The van der Waals surface area contributed by atoms with Crippen LogP contribution in [0.3, 0.4) is 0 Å². The van der Waals surface area contributed by atoms with Gasteiger partial charge in [-0.1, -0.05) is 0 Å². The Kier molecular flexibility index (Phi) is 7.48. The van der Waals surface area contributed by atoms with E-state index in [1.807, 2.05) is 6.92 Å². The van der Waals surface area contributed by atoms with Crippen LogP contribution in [0.15, 0.2) is 0 Å². The molecule has 1 rings (SSSR count). The fourth-order valence-electron chi connectivity index (χ4n) is 2.28. The van der Waals surface area contributed by atoms with Crippen molar-refractivity contribution in [1.29, 1.82) is 0 Å². The van der Waals surface area contributed by atoms with E-state index in [-0.39, 0.29) is 17.8 Å². The molecule has 110 valence electrons. The van der Waals surface area contributed by atoms with E-state index >= 15 is 0 Å². The molecule has 0 saturated carbocycles. The number of nitrogens with zero attached hydrogens (tertiary/aromatic N) is 1. The Balaban J connectivity index is 2.32. The summed E-state index contributed by atoms with van der Waals surface area (Å²) in [5.41, 5.74) is 0. The standard InChI is InChI=1S/C14H25NO4/c1-3-18-10-6-8-13(16)15-9-5-7-12(11-15)14(17)19-4-2/h12H,3-11H2,1-2H3/t12-/m1/s1. The average molecular weight is 271 g/mol. The summed E-state index contributed by atoms with van der Waals surface area (Å²) in [6.07, 6.45) is 2.94. The summed E-state index contributed by atoms with van der Waals surface area (Å²) in [4.78, 5) is 25.5. The summed E-state index contributed by atoms with van der Waals surface area (Å²) in [5.74, 6) is -0.201. The molecular formula is C14H25NO4. The molecule has 0 aliphatic carbocycles. The smallest absolute Gasteiger partial charge is 0.310 e. The van der Waals surface area contributed by atoms with Crippen molar-refractivity contribution < 1.29 is 19.1 Å². The first-order valence-electron chi connectivity index (χ1n) is 7.21. The lowest BCUT2D eigenvalue weighted by atomic mass is 9.98. The molecule has 0 radical (unpaired) electrons. The Morgan fingerprint density at radius 2 is 2.05 bits per heavy atom. The number of piperidine rings is 1. The molecule has 1 atom stereocenters. The van der Waals surface area contributed by atoms with Crippen LogP contribution in [0.4, 0.5) is 0 Å². The second-order valence-corrected chi connectivity index (χ2v) is 4.73. The summed E-state index contributed by atoms with van der Waals surface area (Å²) in [5, 5.41) is 0. The van der Waals surface area contributed by atoms with Crippen LogP contribution in [0, 0.1) is 5.92 Å². The van der Waals surface area contributed by atoms with Gasteiger partial charge in [-0.25, -0.2) is 0 Å². The first-order valence-corrected chi connectivity index (χ1v) is 7.21. The number of hydrogen-bond acceptors (Lipinski definition) is 4. The van der Waals surface area contributed by atoms with Crippen molar-refractivity contribution in [2.24, 2.45) is 5.92 Å². The van der Waals surface area contributed by atoms with Gasteiger partial charge in [0.2, 0.25) is 5.91 Å². The Hall–Kier alpha value is -1.10. The maximum Gasteiger partial charge on any atom is 0.310 e. The highest BCUT2D eigenvalue weighted by molar-refractivity contribution is 5.78. The normalized spacial score (nSPS) is 19.3. The third-order valence-electron chi connectivity index (χ3n) is 3.28. The maximum atomic E-state index is 12.0. The Morgan fingerprint density at radius 3 is 2.74 bits per heavy atom. The van der Waals surface area contributed by atoms with Crippen molar-refractivity contribution in [3.05, 3.63) is 0 Å². The van der Waals surface area contributed by atoms with E-state index in [0.29, 0.717) is 32.8 Å². The molecule has 0 aromatic heterocycles. The van der Waals surface area contributed by atoms with E-state index < -0.39 is 0 Å². The van der Waals surface area contributed by atoms with Gasteiger partial charge in [-0.3, -0.25) is 9.59 Å². The Labute approximate surface area is 115 Å². The number of rotatable bonds is 7. The largest absolute Gasteiger partial charge is 0.466 e. The van der Waals surface area contributed by atoms with Crippen molar-refractivity contribution in [3.63, 3.8) is 0 Å². The molecule has 19 heavy (non-hydrogen) atoms. The van der Waals surface area contributed by atoms with Crippen LogP contribution in [-0.2, 0) is 19.1 Å². The predicted octanol–water partition coefficient (Wildman–Crippen LogP) is 1.60. The molecule has 5 nitrogen and oxygen atoms in total. The molecule has 1 aliphatic rings. The third kappa shape index (κ3) is 5.59. The van der Waals surface area contributed by atoms with Gasteiger partial charge in [0.1, 0.15) is 0 Å². The van der Waals surface area contributed by atoms with E-state index in [1.165, 1.54) is 0 Å². The van der Waals surface area contributed by atoms with E-state index in [2.05, 4.69) is 0 Å². The first-order chi connectivity index (χ1) is 9.19. The average Bonchev–Trinajstić information content (AvgIpc) is 2.44. The number of likely N-dealkylation sites (tertiary alicyclic amines) is 1. The van der Waals surface area contributed by atoms with Gasteiger partial charge in [0.05, 0.1) is 12.5 Å². The van der Waals surface area contributed by atoms with Crippen LogP contribution in [0.25, 0.3) is 0 Å². The zero-order chi connectivity index (χ0) is 14.1. The molecule has 1 aliphatic heterocycles. The molecule has 1 heterocycles. The van der Waals surface area contributed by atoms with E-state index in [9.17, 15) is 9.59 Å². The zero-order valence-electron chi connectivity index (χ0n) is 12.0. The Bertz CT molecular complexity index is 293. The van der Waals surface area contributed by atoms with Crippen molar-refractivity contribution >= 4 is 11.9 Å². The van der Waals surface area contributed by atoms with Crippen LogP contribution < -0.4 is 0 Å². The van der Waals surface area contributed by atoms with Gasteiger partial charge in [-0.2, -0.15) is 0 Å². The number of carbonyl (C=O) groups excluding carboxylic acids is 2. The van der Waals surface area contributed by atoms with Gasteiger partial charge in [-0.15, -0.1) is 0 Å². The van der Waals surface area contributed by atoms with Crippen LogP contribution in [0.5, 0.6) is 0 Å². The number of ether oxygens (including phenoxy) is 2. The second kappa shape index (κ2) is 8.91. The zero-order valence-corrected chi connectivity index (χ0v) is 12.0. The monoisotopic (exact) mass is 271 g/mol. The SMILES string of the molecule is CCOCCCC(=O)N1CCC[C@@H](C(=O)OCC)C1. The number of amides is 1. The van der Waals surface area contributed by atoms with E-state index in [1.54, 1.807) is 11.8 Å². The summed E-state index contributed by atoms with van der Waals surface area (Å²) >= 11 is 0. The fraction of sp³-hybridized carbons (Fsp3) is 0.857. The van der Waals surface area contributed by atoms with Gasteiger partial charge in [0.15, 0.2) is 0 Å². The van der Waals surface area contributed by atoms with Crippen molar-refractivity contribution in [3.8, 4) is 0 Å². The first kappa shape index (κ1) is 16.0. The minimum absolute atomic E-state index is 0.119. The van der Waals surface area contributed by atoms with Crippen LogP contribution in [-0.4, -0.2) is 49.7 Å². The van der Waals surface area contributed by atoms with Crippen molar-refractivity contribution in [1.82, 2.24) is 4.90 Å². The van der Waals surface area contributed by atoms with Crippen molar-refractivity contribution in [2.75, 3.05) is 32.9 Å². The summed E-state index contributed by atoms with van der Waals surface area (Å²) < 4.78 is 10.2. The molecule has 0 bridgehead atoms. The van der Waals surface area contributed by atoms with Gasteiger partial charge < -0.3 is 14.4 Å². The minimum atomic E-state index is -0.172. The summed E-state index contributed by atoms with van der Waals surface area (Å²) in [7, 11) is 0. The molecule has 0 spiro atoms. The quantitative estimate of drug-likeness (QED) is 0.521. The molecule has 1 amide bonds. The van der Waals surface area contributed by atoms with E-state index in [0.717, 1.165) is 25.8 Å². The lowest BCUT2D eigenvalue weighted by Gasteiger charge is -2.31. The summed E-state index contributed by atoms with van der Waals surface area (Å²) in [6.45, 7) is 6.71. The molecular weight excluding hydrogens is 246 g/mol. The molecule has 1 fully saturated rings. The van der Waals surface area contributed by atoms with E-state index in [4.69, 9.17) is 9.47 Å². The number of hydrogen-bond donors (Lipinski definition) is 0. The Morgan fingerprint density at radius 1 is 1.26 bits per heavy atom. The van der Waals surface area contributed by atoms with Crippen LogP contribution in [0.1, 0.15) is 39.5 Å². The molecule has 0 aromatic carbocycles. The lowest BCUT2D eigenvalue weighted by molar-refractivity contribution is -0.151. The molecule has 5 heteroatoms. The highest BCUT2D eigenvalue weighted by Gasteiger charge is 2.28. The van der Waals surface area contributed by atoms with Gasteiger partial charge in [0, 0.05) is 32.7 Å². The van der Waals surface area contributed by atoms with Crippen molar-refractivity contribution in [2.45, 2.75) is 39.5 Å². The molecule has 1 saturated heterocycles. The second-order valence-electron chi connectivity index (χ2n) is 4.73. The number of carbonyl (C=O) groups is 2. The van der Waals surface area contributed by atoms with Gasteiger partial charge in [-0.05, 0) is 33.1 Å². The third-order valence-corrected chi connectivity index (χ3v) is 3.28. The lowest BCUT2D eigenvalue weighted by Crippen LogP contribution is -2.42. The number of esters is 1. The van der Waals surface area contributed by atoms with Crippen LogP contribution in [0.2, 0.25) is 0 Å².